The summed E-state index contributed by atoms with van der Waals surface area (Å²) in [6.45, 7) is 7.77. The smallest absolute Gasteiger partial charge is 0.262 e. The molecule has 2 N–H and O–H groups in total. The van der Waals surface area contributed by atoms with Gasteiger partial charge in [-0.3, -0.25) is 9.59 Å². The van der Waals surface area contributed by atoms with E-state index in [4.69, 9.17) is 0 Å². The Bertz CT molecular complexity index is 1020. The van der Waals surface area contributed by atoms with E-state index in [0.717, 1.165) is 27.8 Å². The average molecular weight is 363 g/mol. The minimum atomic E-state index is -0.254. The number of benzene rings is 2. The number of hydrogen-bond acceptors (Lipinski definition) is 2. The summed E-state index contributed by atoms with van der Waals surface area (Å²) in [7, 11) is 0. The lowest BCUT2D eigenvalue weighted by atomic mass is 10.1. The van der Waals surface area contributed by atoms with E-state index in [1.807, 2.05) is 71.8 Å². The number of amides is 2. The van der Waals surface area contributed by atoms with E-state index in [-0.39, 0.29) is 24.9 Å². The zero-order valence-electron chi connectivity index (χ0n) is 15.5. The summed E-state index contributed by atoms with van der Waals surface area (Å²) in [5, 5.41) is 5.51. The molecule has 0 aliphatic heterocycles. The summed E-state index contributed by atoms with van der Waals surface area (Å²) >= 11 is 0. The van der Waals surface area contributed by atoms with Crippen molar-refractivity contribution in [2.75, 3.05) is 11.9 Å². The standard InChI is InChI=1S/C21H22N4O2/c1-4-24-14-25(19-11-6-5-10-18(19)24)13-21(27)22-12-20(26)23-17-9-7-8-15(2)16(17)3/h4-11,14H,1,12-13H2,2-3H3,(H-,22,23,26,27)/p+1. The molecule has 0 bridgehead atoms. The third kappa shape index (κ3) is 4.06. The highest BCUT2D eigenvalue weighted by Gasteiger charge is 2.16. The molecule has 3 rings (SSSR count). The van der Waals surface area contributed by atoms with Gasteiger partial charge in [-0.05, 0) is 43.2 Å². The van der Waals surface area contributed by atoms with Gasteiger partial charge >= 0.3 is 0 Å². The number of carbonyl (C=O) groups excluding carboxylic acids is 2. The van der Waals surface area contributed by atoms with E-state index in [9.17, 15) is 9.59 Å². The maximum absolute atomic E-state index is 12.3. The molecule has 1 heterocycles. The molecular formula is C21H23N4O2+. The maximum atomic E-state index is 12.3. The SMILES string of the molecule is C=Cn1c[n+](CC(=O)NCC(=O)Nc2cccc(C)c2C)c2ccccc21. The fourth-order valence-corrected chi connectivity index (χ4v) is 2.94. The molecule has 27 heavy (non-hydrogen) atoms. The number of anilines is 1. The van der Waals surface area contributed by atoms with Crippen LogP contribution >= 0.6 is 0 Å². The highest BCUT2D eigenvalue weighted by atomic mass is 16.2. The van der Waals surface area contributed by atoms with Crippen LogP contribution in [0.2, 0.25) is 0 Å². The fraction of sp³-hybridized carbons (Fsp3) is 0.190. The topological polar surface area (TPSA) is 67.0 Å². The van der Waals surface area contributed by atoms with Crippen molar-refractivity contribution in [1.82, 2.24) is 9.88 Å². The van der Waals surface area contributed by atoms with Crippen LogP contribution in [-0.4, -0.2) is 22.9 Å². The second-order valence-corrected chi connectivity index (χ2v) is 6.39. The van der Waals surface area contributed by atoms with Gasteiger partial charge in [0.25, 0.3) is 5.91 Å². The number of aryl methyl sites for hydroxylation is 1. The van der Waals surface area contributed by atoms with Crippen LogP contribution in [0, 0.1) is 13.8 Å². The van der Waals surface area contributed by atoms with Gasteiger partial charge in [0.05, 0.1) is 12.7 Å². The molecule has 0 unspecified atom stereocenters. The normalized spacial score (nSPS) is 10.6. The molecule has 0 spiro atoms. The Kier molecular flexibility index (Phi) is 5.35. The van der Waals surface area contributed by atoms with Gasteiger partial charge in [0.2, 0.25) is 12.2 Å². The van der Waals surface area contributed by atoms with Crippen molar-refractivity contribution in [3.8, 4) is 0 Å². The Morgan fingerprint density at radius 2 is 1.89 bits per heavy atom. The number of para-hydroxylation sites is 2. The lowest BCUT2D eigenvalue weighted by molar-refractivity contribution is -0.658. The zero-order chi connectivity index (χ0) is 19.4. The second kappa shape index (κ2) is 7.86. The molecule has 2 aromatic carbocycles. The summed E-state index contributed by atoms with van der Waals surface area (Å²) in [4.78, 5) is 24.4. The number of hydrogen-bond donors (Lipinski definition) is 2. The summed E-state index contributed by atoms with van der Waals surface area (Å²) < 4.78 is 3.69. The molecular weight excluding hydrogens is 340 g/mol. The van der Waals surface area contributed by atoms with Crippen LogP contribution in [0.15, 0.2) is 55.4 Å². The summed E-state index contributed by atoms with van der Waals surface area (Å²) in [5.41, 5.74) is 4.77. The van der Waals surface area contributed by atoms with Crippen molar-refractivity contribution >= 4 is 34.7 Å². The molecule has 1 aromatic heterocycles. The van der Waals surface area contributed by atoms with E-state index in [1.54, 1.807) is 6.20 Å². The monoisotopic (exact) mass is 363 g/mol. The highest BCUT2D eigenvalue weighted by molar-refractivity contribution is 5.95. The zero-order valence-corrected chi connectivity index (χ0v) is 15.5. The molecule has 0 radical (unpaired) electrons. The number of imidazole rings is 1. The molecule has 0 atom stereocenters. The van der Waals surface area contributed by atoms with E-state index in [1.165, 1.54) is 0 Å². The van der Waals surface area contributed by atoms with Crippen LogP contribution in [-0.2, 0) is 16.1 Å². The van der Waals surface area contributed by atoms with Gasteiger partial charge < -0.3 is 10.6 Å². The van der Waals surface area contributed by atoms with Crippen LogP contribution in [0.25, 0.3) is 17.2 Å². The van der Waals surface area contributed by atoms with Gasteiger partial charge in [0, 0.05) is 5.69 Å². The Hall–Kier alpha value is -3.41. The lowest BCUT2D eigenvalue weighted by Crippen LogP contribution is -2.44. The van der Waals surface area contributed by atoms with Crippen molar-refractivity contribution in [2.45, 2.75) is 20.4 Å². The van der Waals surface area contributed by atoms with Crippen molar-refractivity contribution in [1.29, 1.82) is 0 Å². The van der Waals surface area contributed by atoms with E-state index in [2.05, 4.69) is 17.2 Å². The first-order valence-electron chi connectivity index (χ1n) is 8.74. The minimum Gasteiger partial charge on any atom is -0.344 e. The van der Waals surface area contributed by atoms with E-state index in [0.29, 0.717) is 0 Å². The predicted molar refractivity (Wildman–Crippen MR) is 106 cm³/mol. The molecule has 6 nitrogen and oxygen atoms in total. The van der Waals surface area contributed by atoms with Gasteiger partial charge in [-0.1, -0.05) is 30.8 Å². The second-order valence-electron chi connectivity index (χ2n) is 6.39. The van der Waals surface area contributed by atoms with Gasteiger partial charge in [-0.15, -0.1) is 0 Å². The maximum Gasteiger partial charge on any atom is 0.262 e. The van der Waals surface area contributed by atoms with Gasteiger partial charge in [-0.2, -0.15) is 0 Å². The molecule has 2 amide bonds. The van der Waals surface area contributed by atoms with Gasteiger partial charge in [0.15, 0.2) is 17.6 Å². The van der Waals surface area contributed by atoms with Crippen LogP contribution < -0.4 is 15.2 Å². The van der Waals surface area contributed by atoms with Crippen LogP contribution in [0.4, 0.5) is 5.69 Å². The number of fused-ring (bicyclic) bond motifs is 1. The van der Waals surface area contributed by atoms with Gasteiger partial charge in [-0.25, -0.2) is 9.13 Å². The van der Waals surface area contributed by atoms with Gasteiger partial charge in [0.1, 0.15) is 0 Å². The molecule has 0 fully saturated rings. The van der Waals surface area contributed by atoms with E-state index < -0.39 is 0 Å². The van der Waals surface area contributed by atoms with E-state index >= 15 is 0 Å². The Morgan fingerprint density at radius 1 is 1.11 bits per heavy atom. The number of aromatic nitrogens is 2. The number of carbonyl (C=O) groups is 2. The molecule has 6 heteroatoms. The van der Waals surface area contributed by atoms with Crippen LogP contribution in [0.1, 0.15) is 11.1 Å². The van der Waals surface area contributed by atoms with Crippen molar-refractivity contribution < 1.29 is 14.2 Å². The molecule has 0 saturated carbocycles. The molecule has 0 aliphatic carbocycles. The molecule has 0 aliphatic rings. The van der Waals surface area contributed by atoms with Crippen molar-refractivity contribution in [2.24, 2.45) is 0 Å². The number of nitrogens with zero attached hydrogens (tertiary/aromatic N) is 2. The molecule has 3 aromatic rings. The Morgan fingerprint density at radius 3 is 2.67 bits per heavy atom. The summed E-state index contributed by atoms with van der Waals surface area (Å²) in [6.07, 6.45) is 3.50. The molecule has 0 saturated heterocycles. The van der Waals surface area contributed by atoms with Crippen LogP contribution in [0.5, 0.6) is 0 Å². The first-order chi connectivity index (χ1) is 13.0. The highest BCUT2D eigenvalue weighted by Crippen LogP contribution is 2.17. The Labute approximate surface area is 158 Å². The Balaban J connectivity index is 1.61. The fourth-order valence-electron chi connectivity index (χ4n) is 2.94. The minimum absolute atomic E-state index is 0.0765. The predicted octanol–water partition coefficient (Wildman–Crippen LogP) is 2.40. The lowest BCUT2D eigenvalue weighted by Gasteiger charge is -2.10. The quantitative estimate of drug-likeness (QED) is 0.661. The third-order valence-corrected chi connectivity index (χ3v) is 4.57. The largest absolute Gasteiger partial charge is 0.344 e. The number of rotatable bonds is 6. The molecule has 138 valence electrons. The number of nitrogens with one attached hydrogen (secondary N) is 2. The van der Waals surface area contributed by atoms with Crippen molar-refractivity contribution in [3.63, 3.8) is 0 Å². The van der Waals surface area contributed by atoms with Crippen molar-refractivity contribution in [3.05, 3.63) is 66.5 Å². The first kappa shape index (κ1) is 18.4. The first-order valence-corrected chi connectivity index (χ1v) is 8.74. The van der Waals surface area contributed by atoms with Crippen LogP contribution in [0.3, 0.4) is 0 Å². The summed E-state index contributed by atoms with van der Waals surface area (Å²) in [6, 6.07) is 13.5. The summed E-state index contributed by atoms with van der Waals surface area (Å²) in [5.74, 6) is -0.487. The average Bonchev–Trinajstić information content (AvgIpc) is 3.02. The third-order valence-electron chi connectivity index (χ3n) is 4.57.